The van der Waals surface area contributed by atoms with E-state index >= 15 is 0 Å². The number of nitriles is 1. The van der Waals surface area contributed by atoms with E-state index in [1.54, 1.807) is 6.07 Å². The lowest BCUT2D eigenvalue weighted by Gasteiger charge is -2.24. The maximum atomic E-state index is 13.1. The summed E-state index contributed by atoms with van der Waals surface area (Å²) in [4.78, 5) is 3.58. The van der Waals surface area contributed by atoms with E-state index in [2.05, 4.69) is 4.98 Å². The number of aromatic nitrogens is 1. The molecule has 3 rings (SSSR count). The molecule has 1 aromatic carbocycles. The van der Waals surface area contributed by atoms with Gasteiger partial charge in [-0.15, -0.1) is 0 Å². The monoisotopic (exact) mass is 347 g/mol. The molecule has 0 unspecified atom stereocenters. The number of nitrogens with zero attached hydrogens (tertiary/aromatic N) is 3. The number of β-amino-alcohol motifs (C(OH)–C–C–N with tert-alkyl or cyclic N) is 1. The molecule has 0 amide bonds. The van der Waals surface area contributed by atoms with Crippen LogP contribution in [0.3, 0.4) is 0 Å². The van der Waals surface area contributed by atoms with Crippen LogP contribution in [0.5, 0.6) is 0 Å². The number of hydrogen-bond acceptors (Lipinski definition) is 5. The number of sulfonamides is 1. The van der Waals surface area contributed by atoms with Crippen molar-refractivity contribution in [1.82, 2.24) is 9.29 Å². The maximum Gasteiger partial charge on any atom is 0.246 e. The molecule has 0 spiro atoms. The van der Waals surface area contributed by atoms with Gasteiger partial charge in [-0.2, -0.15) is 9.57 Å². The summed E-state index contributed by atoms with van der Waals surface area (Å²) in [5.41, 5.74) is 0.385. The highest BCUT2D eigenvalue weighted by Gasteiger charge is 2.41. The lowest BCUT2D eigenvalue weighted by molar-refractivity contribution is 0.188. The van der Waals surface area contributed by atoms with Crippen LogP contribution in [0.2, 0.25) is 0 Å². The topological polar surface area (TPSA) is 94.3 Å². The standard InChI is InChI=1S/C16H14FN3O3S/c17-12-5-3-11(4-6-12)15-8-13(21)10-20(15)24(22,23)16-2-1-7-19-14(16)9-18/h1-7,13,15,21H,8,10H2/t13-,15+/m0/s1. The normalized spacial score (nSPS) is 21.5. The van der Waals surface area contributed by atoms with Gasteiger partial charge in [-0.1, -0.05) is 12.1 Å². The van der Waals surface area contributed by atoms with Crippen molar-refractivity contribution >= 4 is 10.0 Å². The molecule has 2 aromatic rings. The molecule has 1 aromatic heterocycles. The fraction of sp³-hybridized carbons (Fsp3) is 0.250. The fourth-order valence-corrected chi connectivity index (χ4v) is 4.60. The molecule has 0 bridgehead atoms. The van der Waals surface area contributed by atoms with Crippen LogP contribution < -0.4 is 0 Å². The third-order valence-corrected chi connectivity index (χ3v) is 5.86. The predicted octanol–water partition coefficient (Wildman–Crippen LogP) is 1.59. The number of aliphatic hydroxyl groups excluding tert-OH is 1. The zero-order valence-electron chi connectivity index (χ0n) is 12.5. The van der Waals surface area contributed by atoms with Crippen molar-refractivity contribution in [3.05, 3.63) is 59.7 Å². The van der Waals surface area contributed by atoms with Gasteiger partial charge in [-0.3, -0.25) is 0 Å². The van der Waals surface area contributed by atoms with Crippen molar-refractivity contribution in [2.45, 2.75) is 23.5 Å². The number of rotatable bonds is 3. The average molecular weight is 347 g/mol. The molecule has 0 saturated carbocycles. The van der Waals surface area contributed by atoms with Crippen LogP contribution in [-0.4, -0.2) is 35.5 Å². The molecule has 6 nitrogen and oxygen atoms in total. The molecular formula is C16H14FN3O3S. The lowest BCUT2D eigenvalue weighted by atomic mass is 10.0. The van der Waals surface area contributed by atoms with Gasteiger partial charge in [0.05, 0.1) is 12.1 Å². The van der Waals surface area contributed by atoms with Crippen LogP contribution in [0.4, 0.5) is 4.39 Å². The van der Waals surface area contributed by atoms with E-state index in [1.165, 1.54) is 42.6 Å². The Bertz CT molecular complexity index is 894. The molecule has 124 valence electrons. The second kappa shape index (κ2) is 6.28. The molecule has 1 aliphatic rings. The van der Waals surface area contributed by atoms with Crippen LogP contribution in [-0.2, 0) is 10.0 Å². The van der Waals surface area contributed by atoms with Crippen LogP contribution in [0, 0.1) is 17.1 Å². The quantitative estimate of drug-likeness (QED) is 0.910. The number of hydrogen-bond donors (Lipinski definition) is 1. The minimum atomic E-state index is -4.03. The van der Waals surface area contributed by atoms with Crippen molar-refractivity contribution in [2.24, 2.45) is 0 Å². The molecule has 24 heavy (non-hydrogen) atoms. The Kier molecular flexibility index (Phi) is 4.32. The summed E-state index contributed by atoms with van der Waals surface area (Å²) in [7, 11) is -4.03. The van der Waals surface area contributed by atoms with Gasteiger partial charge in [0.15, 0.2) is 5.69 Å². The van der Waals surface area contributed by atoms with Crippen LogP contribution in [0.1, 0.15) is 23.7 Å². The molecule has 0 radical (unpaired) electrons. The second-order valence-electron chi connectivity index (χ2n) is 5.49. The molecule has 2 heterocycles. The summed E-state index contributed by atoms with van der Waals surface area (Å²) in [6.45, 7) is -0.0931. The van der Waals surface area contributed by atoms with Gasteiger partial charge in [0.2, 0.25) is 10.0 Å². The summed E-state index contributed by atoms with van der Waals surface area (Å²) in [6.07, 6.45) is 0.706. The first-order valence-electron chi connectivity index (χ1n) is 7.24. The molecule has 1 aliphatic heterocycles. The van der Waals surface area contributed by atoms with Gasteiger partial charge in [0.25, 0.3) is 0 Å². The number of pyridine rings is 1. The largest absolute Gasteiger partial charge is 0.392 e. The molecule has 0 aliphatic carbocycles. The lowest BCUT2D eigenvalue weighted by Crippen LogP contribution is -2.32. The van der Waals surface area contributed by atoms with E-state index in [9.17, 15) is 17.9 Å². The van der Waals surface area contributed by atoms with Gasteiger partial charge in [0.1, 0.15) is 16.8 Å². The number of halogens is 1. The molecule has 1 saturated heterocycles. The Hall–Kier alpha value is -2.34. The highest BCUT2D eigenvalue weighted by Crippen LogP contribution is 2.37. The molecule has 2 atom stereocenters. The summed E-state index contributed by atoms with van der Waals surface area (Å²) in [6, 6.07) is 9.37. The minimum Gasteiger partial charge on any atom is -0.392 e. The molecular weight excluding hydrogens is 333 g/mol. The van der Waals surface area contributed by atoms with Crippen LogP contribution in [0.15, 0.2) is 47.5 Å². The zero-order valence-corrected chi connectivity index (χ0v) is 13.3. The van der Waals surface area contributed by atoms with Gasteiger partial charge in [0, 0.05) is 12.7 Å². The predicted molar refractivity (Wildman–Crippen MR) is 82.6 cm³/mol. The number of benzene rings is 1. The minimum absolute atomic E-state index is 0.0931. The van der Waals surface area contributed by atoms with Crippen molar-refractivity contribution in [2.75, 3.05) is 6.54 Å². The van der Waals surface area contributed by atoms with Gasteiger partial charge in [-0.05, 0) is 36.2 Å². The van der Waals surface area contributed by atoms with Crippen molar-refractivity contribution < 1.29 is 17.9 Å². The Morgan fingerprint density at radius 1 is 1.29 bits per heavy atom. The maximum absolute atomic E-state index is 13.1. The average Bonchev–Trinajstić information content (AvgIpc) is 2.98. The van der Waals surface area contributed by atoms with E-state index in [4.69, 9.17) is 5.26 Å². The SMILES string of the molecule is N#Cc1ncccc1S(=O)(=O)N1C[C@@H](O)C[C@@H]1c1ccc(F)cc1. The number of aliphatic hydroxyl groups is 1. The van der Waals surface area contributed by atoms with Crippen molar-refractivity contribution in [3.63, 3.8) is 0 Å². The van der Waals surface area contributed by atoms with E-state index in [-0.39, 0.29) is 23.6 Å². The molecule has 1 fully saturated rings. The first-order valence-corrected chi connectivity index (χ1v) is 8.68. The first-order chi connectivity index (χ1) is 11.4. The Morgan fingerprint density at radius 3 is 2.67 bits per heavy atom. The summed E-state index contributed by atoms with van der Waals surface area (Å²) in [5, 5.41) is 19.1. The zero-order chi connectivity index (χ0) is 17.3. The van der Waals surface area contributed by atoms with Crippen LogP contribution in [0.25, 0.3) is 0 Å². The Labute approximate surface area is 138 Å². The van der Waals surface area contributed by atoms with Gasteiger partial charge in [-0.25, -0.2) is 17.8 Å². The summed E-state index contributed by atoms with van der Waals surface area (Å²) >= 11 is 0. The highest BCUT2D eigenvalue weighted by atomic mass is 32.2. The molecule has 8 heteroatoms. The third kappa shape index (κ3) is 2.89. The van der Waals surface area contributed by atoms with Crippen molar-refractivity contribution in [1.29, 1.82) is 5.26 Å². The van der Waals surface area contributed by atoms with Gasteiger partial charge < -0.3 is 5.11 Å². The van der Waals surface area contributed by atoms with Crippen LogP contribution >= 0.6 is 0 Å². The van der Waals surface area contributed by atoms with E-state index < -0.39 is 28.0 Å². The second-order valence-corrected chi connectivity index (χ2v) is 7.35. The molecule has 1 N–H and O–H groups in total. The summed E-state index contributed by atoms with van der Waals surface area (Å²) < 4.78 is 40.2. The van der Waals surface area contributed by atoms with Crippen molar-refractivity contribution in [3.8, 4) is 6.07 Å². The third-order valence-electron chi connectivity index (χ3n) is 3.95. The summed E-state index contributed by atoms with van der Waals surface area (Å²) in [5.74, 6) is -0.425. The van der Waals surface area contributed by atoms with E-state index in [0.29, 0.717) is 5.56 Å². The van der Waals surface area contributed by atoms with E-state index in [0.717, 1.165) is 4.31 Å². The Balaban J connectivity index is 2.05. The van der Waals surface area contributed by atoms with Gasteiger partial charge >= 0.3 is 0 Å². The smallest absolute Gasteiger partial charge is 0.246 e. The highest BCUT2D eigenvalue weighted by molar-refractivity contribution is 7.89. The first kappa shape index (κ1) is 16.5. The van der Waals surface area contributed by atoms with E-state index in [1.807, 2.05) is 0 Å². The fourth-order valence-electron chi connectivity index (χ4n) is 2.85. The Morgan fingerprint density at radius 2 is 2.00 bits per heavy atom.